The summed E-state index contributed by atoms with van der Waals surface area (Å²) in [4.78, 5) is 2.78. The summed E-state index contributed by atoms with van der Waals surface area (Å²) in [7, 11) is 0. The largest absolute Gasteiger partial charge is 0.381 e. The van der Waals surface area contributed by atoms with E-state index < -0.39 is 0 Å². The van der Waals surface area contributed by atoms with Gasteiger partial charge in [0, 0.05) is 25.8 Å². The van der Waals surface area contributed by atoms with Gasteiger partial charge in [0.05, 0.1) is 0 Å². The first kappa shape index (κ1) is 16.3. The van der Waals surface area contributed by atoms with E-state index in [4.69, 9.17) is 10.5 Å². The van der Waals surface area contributed by atoms with Gasteiger partial charge >= 0.3 is 0 Å². The monoisotopic (exact) mass is 282 g/mol. The molecule has 1 saturated heterocycles. The van der Waals surface area contributed by atoms with Crippen molar-refractivity contribution >= 4 is 0 Å². The average molecular weight is 282 g/mol. The van der Waals surface area contributed by atoms with Crippen molar-refractivity contribution in [3.8, 4) is 0 Å². The van der Waals surface area contributed by atoms with Gasteiger partial charge in [-0.25, -0.2) is 0 Å². The van der Waals surface area contributed by atoms with Crippen molar-refractivity contribution in [1.29, 1.82) is 0 Å². The Bertz CT molecular complexity index is 268. The van der Waals surface area contributed by atoms with Gasteiger partial charge in [-0.2, -0.15) is 0 Å². The SMILES string of the molecule is CC(C)CCN(CC1(CN)CCOCC1)C1CCCC1. The molecular formula is C17H34N2O. The average Bonchev–Trinajstić information content (AvgIpc) is 2.98. The van der Waals surface area contributed by atoms with E-state index in [1.165, 1.54) is 45.2 Å². The molecule has 118 valence electrons. The van der Waals surface area contributed by atoms with Crippen molar-refractivity contribution in [3.63, 3.8) is 0 Å². The molecule has 2 N–H and O–H groups in total. The highest BCUT2D eigenvalue weighted by Crippen LogP contribution is 2.33. The minimum atomic E-state index is 0.317. The van der Waals surface area contributed by atoms with Gasteiger partial charge in [0.15, 0.2) is 0 Å². The predicted octanol–water partition coefficient (Wildman–Crippen LogP) is 3.03. The van der Waals surface area contributed by atoms with Crippen LogP contribution in [-0.4, -0.2) is 43.8 Å². The van der Waals surface area contributed by atoms with Crippen LogP contribution in [0.4, 0.5) is 0 Å². The van der Waals surface area contributed by atoms with Crippen molar-refractivity contribution in [1.82, 2.24) is 4.90 Å². The number of hydrogen-bond acceptors (Lipinski definition) is 3. The summed E-state index contributed by atoms with van der Waals surface area (Å²) in [5.74, 6) is 0.794. The quantitative estimate of drug-likeness (QED) is 0.780. The van der Waals surface area contributed by atoms with Crippen molar-refractivity contribution in [2.24, 2.45) is 17.1 Å². The maximum atomic E-state index is 6.16. The normalized spacial score (nSPS) is 23.9. The fourth-order valence-electron chi connectivity index (χ4n) is 3.75. The molecule has 0 bridgehead atoms. The predicted molar refractivity (Wildman–Crippen MR) is 84.8 cm³/mol. The molecule has 20 heavy (non-hydrogen) atoms. The van der Waals surface area contributed by atoms with E-state index in [0.717, 1.165) is 44.6 Å². The van der Waals surface area contributed by atoms with Crippen LogP contribution >= 0.6 is 0 Å². The fraction of sp³-hybridized carbons (Fsp3) is 1.00. The van der Waals surface area contributed by atoms with Crippen LogP contribution in [0.1, 0.15) is 58.8 Å². The van der Waals surface area contributed by atoms with Crippen LogP contribution in [0.3, 0.4) is 0 Å². The van der Waals surface area contributed by atoms with E-state index in [9.17, 15) is 0 Å². The fourth-order valence-corrected chi connectivity index (χ4v) is 3.75. The Morgan fingerprint density at radius 2 is 1.85 bits per heavy atom. The molecule has 0 aromatic heterocycles. The van der Waals surface area contributed by atoms with Crippen LogP contribution < -0.4 is 5.73 Å². The second-order valence-corrected chi connectivity index (χ2v) is 7.41. The molecular weight excluding hydrogens is 248 g/mol. The van der Waals surface area contributed by atoms with Crippen molar-refractivity contribution in [2.75, 3.05) is 32.8 Å². The first-order valence-electron chi connectivity index (χ1n) is 8.67. The molecule has 2 aliphatic rings. The minimum Gasteiger partial charge on any atom is -0.381 e. The zero-order chi connectivity index (χ0) is 14.4. The van der Waals surface area contributed by atoms with Gasteiger partial charge < -0.3 is 10.5 Å². The lowest BCUT2D eigenvalue weighted by Gasteiger charge is -2.42. The maximum Gasteiger partial charge on any atom is 0.0472 e. The molecule has 1 aliphatic heterocycles. The van der Waals surface area contributed by atoms with Crippen LogP contribution in [-0.2, 0) is 4.74 Å². The van der Waals surface area contributed by atoms with E-state index in [0.29, 0.717) is 5.41 Å². The van der Waals surface area contributed by atoms with E-state index in [2.05, 4.69) is 18.7 Å². The van der Waals surface area contributed by atoms with Crippen LogP contribution in [0.2, 0.25) is 0 Å². The molecule has 1 aliphatic carbocycles. The smallest absolute Gasteiger partial charge is 0.0472 e. The van der Waals surface area contributed by atoms with Gasteiger partial charge in [-0.1, -0.05) is 26.7 Å². The van der Waals surface area contributed by atoms with Gasteiger partial charge in [-0.15, -0.1) is 0 Å². The summed E-state index contributed by atoms with van der Waals surface area (Å²) in [6.07, 6.45) is 9.24. The Labute approximate surface area is 125 Å². The Morgan fingerprint density at radius 1 is 1.20 bits per heavy atom. The van der Waals surface area contributed by atoms with Gasteiger partial charge in [0.25, 0.3) is 0 Å². The summed E-state index contributed by atoms with van der Waals surface area (Å²) in [6, 6.07) is 0.819. The first-order chi connectivity index (χ1) is 9.65. The third-order valence-electron chi connectivity index (χ3n) is 5.36. The summed E-state index contributed by atoms with van der Waals surface area (Å²) in [5, 5.41) is 0. The Balaban J connectivity index is 1.96. The molecule has 1 heterocycles. The van der Waals surface area contributed by atoms with E-state index in [-0.39, 0.29) is 0 Å². The molecule has 0 atom stereocenters. The van der Waals surface area contributed by atoms with Crippen LogP contribution in [0.5, 0.6) is 0 Å². The second kappa shape index (κ2) is 7.77. The number of hydrogen-bond donors (Lipinski definition) is 1. The van der Waals surface area contributed by atoms with Crippen molar-refractivity contribution in [2.45, 2.75) is 64.8 Å². The number of nitrogens with two attached hydrogens (primary N) is 1. The Kier molecular flexibility index (Phi) is 6.31. The molecule has 2 fully saturated rings. The number of nitrogens with zero attached hydrogens (tertiary/aromatic N) is 1. The highest BCUT2D eigenvalue weighted by atomic mass is 16.5. The Hall–Kier alpha value is -0.120. The molecule has 0 amide bonds. The lowest BCUT2D eigenvalue weighted by molar-refractivity contribution is -0.00825. The highest BCUT2D eigenvalue weighted by Gasteiger charge is 2.35. The van der Waals surface area contributed by atoms with Crippen molar-refractivity contribution in [3.05, 3.63) is 0 Å². The zero-order valence-electron chi connectivity index (χ0n) is 13.6. The van der Waals surface area contributed by atoms with E-state index >= 15 is 0 Å². The van der Waals surface area contributed by atoms with Gasteiger partial charge in [-0.05, 0) is 56.5 Å². The molecule has 0 aromatic rings. The Morgan fingerprint density at radius 3 is 2.40 bits per heavy atom. The molecule has 3 nitrogen and oxygen atoms in total. The molecule has 2 rings (SSSR count). The van der Waals surface area contributed by atoms with Crippen molar-refractivity contribution < 1.29 is 4.74 Å². The topological polar surface area (TPSA) is 38.5 Å². The molecule has 0 aromatic carbocycles. The number of rotatable bonds is 7. The lowest BCUT2D eigenvalue weighted by atomic mass is 9.79. The molecule has 0 spiro atoms. The maximum absolute atomic E-state index is 6.16. The van der Waals surface area contributed by atoms with Gasteiger partial charge in [-0.3, -0.25) is 4.90 Å². The van der Waals surface area contributed by atoms with Crippen LogP contribution in [0.25, 0.3) is 0 Å². The summed E-state index contributed by atoms with van der Waals surface area (Å²) in [5.41, 5.74) is 6.48. The highest BCUT2D eigenvalue weighted by molar-refractivity contribution is 4.89. The summed E-state index contributed by atoms with van der Waals surface area (Å²) in [6.45, 7) is 9.75. The minimum absolute atomic E-state index is 0.317. The molecule has 3 heteroatoms. The van der Waals surface area contributed by atoms with Crippen LogP contribution in [0.15, 0.2) is 0 Å². The third kappa shape index (κ3) is 4.44. The number of ether oxygens (including phenoxy) is 1. The zero-order valence-corrected chi connectivity index (χ0v) is 13.6. The second-order valence-electron chi connectivity index (χ2n) is 7.41. The lowest BCUT2D eigenvalue weighted by Crippen LogP contribution is -2.49. The standard InChI is InChI=1S/C17H34N2O/c1-15(2)7-10-19(16-5-3-4-6-16)14-17(13-18)8-11-20-12-9-17/h15-16H,3-14,18H2,1-2H3. The van der Waals surface area contributed by atoms with Gasteiger partial charge in [0.2, 0.25) is 0 Å². The summed E-state index contributed by atoms with van der Waals surface area (Å²) >= 11 is 0. The molecule has 1 saturated carbocycles. The third-order valence-corrected chi connectivity index (χ3v) is 5.36. The molecule has 0 radical (unpaired) electrons. The summed E-state index contributed by atoms with van der Waals surface area (Å²) < 4.78 is 5.56. The van der Waals surface area contributed by atoms with Gasteiger partial charge in [0.1, 0.15) is 0 Å². The van der Waals surface area contributed by atoms with Crippen LogP contribution in [0, 0.1) is 11.3 Å². The van der Waals surface area contributed by atoms with E-state index in [1.807, 2.05) is 0 Å². The first-order valence-corrected chi connectivity index (χ1v) is 8.67. The molecule has 0 unspecified atom stereocenters. The van der Waals surface area contributed by atoms with E-state index in [1.54, 1.807) is 0 Å².